The van der Waals surface area contributed by atoms with Crippen molar-refractivity contribution in [3.63, 3.8) is 0 Å². The molecule has 0 spiro atoms. The quantitative estimate of drug-likeness (QED) is 0.466. The molecule has 6 nitrogen and oxygen atoms in total. The molecule has 0 saturated carbocycles. The zero-order chi connectivity index (χ0) is 31.6. The summed E-state index contributed by atoms with van der Waals surface area (Å²) in [4.78, 5) is 20.1. The third kappa shape index (κ3) is 6.36. The van der Waals surface area contributed by atoms with E-state index in [1.807, 2.05) is 0 Å². The van der Waals surface area contributed by atoms with E-state index in [4.69, 9.17) is 24.9 Å². The van der Waals surface area contributed by atoms with Crippen molar-refractivity contribution in [2.45, 2.75) is 32.5 Å². The van der Waals surface area contributed by atoms with Gasteiger partial charge in [-0.15, -0.1) is 0 Å². The Morgan fingerprint density at radius 1 is 1.10 bits per heavy atom. The van der Waals surface area contributed by atoms with Crippen molar-refractivity contribution in [1.29, 1.82) is 0 Å². The minimum absolute atomic E-state index is 0.177. The Morgan fingerprint density at radius 3 is 2.35 bits per heavy atom. The van der Waals surface area contributed by atoms with Crippen molar-refractivity contribution in [3.8, 4) is 22.5 Å². The first-order valence-electron chi connectivity index (χ1n) is 14.9. The molecule has 31 heavy (non-hydrogen) atoms. The first-order valence-corrected chi connectivity index (χ1v) is 9.37. The molecule has 0 aliphatic heterocycles. The molecule has 0 atom stereocenters. The number of aliphatic carboxylic acids is 1. The Labute approximate surface area is 199 Å². The SMILES string of the molecule is [2H]C([2H])([2H])C([2H])(N(CC([2H])([2H])C([2H])([2H])COCC(=O)O)c1cnc(-c2ccccc2)c(-c2ccccc2)n1)C([2H])([2H])[2H]. The fourth-order valence-corrected chi connectivity index (χ4v) is 2.76. The number of benzene rings is 2. The number of rotatable bonds is 11. The number of nitrogens with zero attached hydrogens (tertiary/aromatic N) is 3. The molecule has 0 amide bonds. The summed E-state index contributed by atoms with van der Waals surface area (Å²) in [6, 6.07) is 13.8. The summed E-state index contributed by atoms with van der Waals surface area (Å²) in [6.45, 7) is -10.4. The maximum atomic E-state index is 10.8. The van der Waals surface area contributed by atoms with E-state index >= 15 is 0 Å². The van der Waals surface area contributed by atoms with E-state index in [-0.39, 0.29) is 5.69 Å². The lowest BCUT2D eigenvalue weighted by atomic mass is 10.0. The van der Waals surface area contributed by atoms with Gasteiger partial charge in [0.25, 0.3) is 0 Å². The average Bonchev–Trinajstić information content (AvgIpc) is 2.90. The van der Waals surface area contributed by atoms with Gasteiger partial charge in [-0.05, 0) is 26.4 Å². The smallest absolute Gasteiger partial charge is 0.329 e. The second-order valence-electron chi connectivity index (χ2n) is 6.33. The van der Waals surface area contributed by atoms with Crippen LogP contribution in [0.5, 0.6) is 0 Å². The first-order chi connectivity index (χ1) is 19.3. The van der Waals surface area contributed by atoms with Crippen LogP contribution in [0.2, 0.25) is 0 Å². The van der Waals surface area contributed by atoms with E-state index in [2.05, 4.69) is 9.97 Å². The summed E-state index contributed by atoms with van der Waals surface area (Å²) in [5.74, 6) is -1.92. The number of hydrogen-bond acceptors (Lipinski definition) is 5. The van der Waals surface area contributed by atoms with Gasteiger partial charge in [0.15, 0.2) is 0 Å². The van der Waals surface area contributed by atoms with Gasteiger partial charge in [0.1, 0.15) is 12.4 Å². The second-order valence-corrected chi connectivity index (χ2v) is 6.33. The predicted molar refractivity (Wildman–Crippen MR) is 123 cm³/mol. The summed E-state index contributed by atoms with van der Waals surface area (Å²) < 4.78 is 95.2. The summed E-state index contributed by atoms with van der Waals surface area (Å²) in [5, 5.41) is 8.80. The zero-order valence-corrected chi connectivity index (χ0v) is 16.6. The van der Waals surface area contributed by atoms with Gasteiger partial charge in [0.2, 0.25) is 0 Å². The molecular formula is C25H29N3O3. The molecule has 1 heterocycles. The van der Waals surface area contributed by atoms with Gasteiger partial charge < -0.3 is 14.7 Å². The molecular weight excluding hydrogens is 390 g/mol. The van der Waals surface area contributed by atoms with Crippen molar-refractivity contribution in [1.82, 2.24) is 9.97 Å². The molecule has 0 unspecified atom stereocenters. The minimum atomic E-state index is -3.58. The lowest BCUT2D eigenvalue weighted by Gasteiger charge is -2.28. The molecule has 1 N–H and O–H groups in total. The van der Waals surface area contributed by atoms with Crippen LogP contribution in [0.3, 0.4) is 0 Å². The standard InChI is InChI=1S/C25H29N3O3/c1-19(2)28(15-9-10-16-31-18-23(29)30)22-17-26-24(20-11-5-3-6-12-20)25(27-22)21-13-7-4-8-14-21/h3-8,11-14,17,19H,9-10,15-16,18H2,1-2H3,(H,29,30)/i1D3,2D3,9D2,10D2,19D. The molecule has 6 heteroatoms. The average molecular weight is 431 g/mol. The van der Waals surface area contributed by atoms with Crippen LogP contribution in [0.25, 0.3) is 22.5 Å². The maximum absolute atomic E-state index is 10.8. The summed E-state index contributed by atoms with van der Waals surface area (Å²) in [5.41, 5.74) is 1.64. The monoisotopic (exact) mass is 430 g/mol. The first kappa shape index (κ1) is 12.0. The number of carboxylic acids is 1. The van der Waals surface area contributed by atoms with Gasteiger partial charge in [-0.1, -0.05) is 60.7 Å². The zero-order valence-electron chi connectivity index (χ0n) is 27.6. The van der Waals surface area contributed by atoms with Crippen LogP contribution in [0.15, 0.2) is 66.9 Å². The number of hydrogen-bond donors (Lipinski definition) is 1. The molecule has 0 radical (unpaired) electrons. The lowest BCUT2D eigenvalue weighted by molar-refractivity contribution is -0.142. The van der Waals surface area contributed by atoms with Crippen LogP contribution in [0.4, 0.5) is 5.82 Å². The van der Waals surface area contributed by atoms with Crippen LogP contribution in [-0.4, -0.2) is 46.8 Å². The Hall–Kier alpha value is -3.25. The highest BCUT2D eigenvalue weighted by Gasteiger charge is 2.17. The van der Waals surface area contributed by atoms with E-state index in [9.17, 15) is 4.79 Å². The number of ether oxygens (including phenoxy) is 1. The van der Waals surface area contributed by atoms with E-state index in [1.165, 1.54) is 0 Å². The highest BCUT2D eigenvalue weighted by Crippen LogP contribution is 2.30. The predicted octanol–water partition coefficient (Wildman–Crippen LogP) is 4.91. The van der Waals surface area contributed by atoms with Crippen LogP contribution in [0.1, 0.15) is 41.5 Å². The molecule has 0 saturated heterocycles. The van der Waals surface area contributed by atoms with E-state index < -0.39 is 64.0 Å². The number of aromatic nitrogens is 2. The van der Waals surface area contributed by atoms with E-state index in [0.29, 0.717) is 21.7 Å². The Kier molecular flexibility index (Phi) is 4.33. The molecule has 0 aliphatic carbocycles. The fourth-order valence-electron chi connectivity index (χ4n) is 2.76. The summed E-state index contributed by atoms with van der Waals surface area (Å²) >= 11 is 0. The summed E-state index contributed by atoms with van der Waals surface area (Å²) in [7, 11) is 0. The van der Waals surface area contributed by atoms with Crippen molar-refractivity contribution in [3.05, 3.63) is 66.9 Å². The molecule has 0 aliphatic rings. The lowest BCUT2D eigenvalue weighted by Crippen LogP contribution is -2.33. The Balaban J connectivity index is 2.26. The maximum Gasteiger partial charge on any atom is 0.329 e. The van der Waals surface area contributed by atoms with Crippen molar-refractivity contribution in [2.24, 2.45) is 0 Å². The fraction of sp³-hybridized carbons (Fsp3) is 0.320. The largest absolute Gasteiger partial charge is 0.480 e. The van der Waals surface area contributed by atoms with Gasteiger partial charge in [-0.25, -0.2) is 9.78 Å². The van der Waals surface area contributed by atoms with E-state index in [0.717, 1.165) is 6.20 Å². The van der Waals surface area contributed by atoms with Crippen LogP contribution in [-0.2, 0) is 9.53 Å². The molecule has 3 rings (SSSR count). The Morgan fingerprint density at radius 2 is 1.74 bits per heavy atom. The number of anilines is 1. The Bertz CT molecular complexity index is 1350. The molecule has 0 fully saturated rings. The molecule has 162 valence electrons. The highest BCUT2D eigenvalue weighted by molar-refractivity contribution is 5.78. The normalized spacial score (nSPS) is 18.3. The molecule has 2 aromatic carbocycles. The summed E-state index contributed by atoms with van der Waals surface area (Å²) in [6.07, 6.45) is -5.02. The molecule has 3 aromatic rings. The van der Waals surface area contributed by atoms with Gasteiger partial charge in [-0.3, -0.25) is 4.98 Å². The van der Waals surface area contributed by atoms with Crippen molar-refractivity contribution in [2.75, 3.05) is 24.7 Å². The number of carboxylic acid groups (broad SMARTS) is 1. The van der Waals surface area contributed by atoms with Gasteiger partial charge in [0, 0.05) is 44.0 Å². The van der Waals surface area contributed by atoms with Gasteiger partial charge in [0.05, 0.1) is 19.0 Å². The number of carbonyl (C=O) groups is 1. The minimum Gasteiger partial charge on any atom is -0.480 e. The highest BCUT2D eigenvalue weighted by atomic mass is 16.5. The molecule has 0 bridgehead atoms. The van der Waals surface area contributed by atoms with Crippen molar-refractivity contribution < 1.29 is 29.7 Å². The van der Waals surface area contributed by atoms with Crippen LogP contribution < -0.4 is 4.90 Å². The van der Waals surface area contributed by atoms with Crippen molar-refractivity contribution >= 4 is 11.8 Å². The third-order valence-electron chi connectivity index (χ3n) is 4.16. The van der Waals surface area contributed by atoms with Gasteiger partial charge in [-0.2, -0.15) is 0 Å². The van der Waals surface area contributed by atoms with Crippen LogP contribution in [0, 0.1) is 0 Å². The van der Waals surface area contributed by atoms with Crippen LogP contribution >= 0.6 is 0 Å². The second kappa shape index (κ2) is 11.2. The third-order valence-corrected chi connectivity index (χ3v) is 4.16. The topological polar surface area (TPSA) is 75.5 Å². The molecule has 1 aromatic heterocycles. The van der Waals surface area contributed by atoms with E-state index in [1.54, 1.807) is 60.7 Å². The van der Waals surface area contributed by atoms with Gasteiger partial charge >= 0.3 is 5.97 Å².